The molecule has 7 heteroatoms. The number of fused-ring (bicyclic) bond motifs is 1. The van der Waals surface area contributed by atoms with Crippen molar-refractivity contribution in [2.45, 2.75) is 19.8 Å². The predicted molar refractivity (Wildman–Crippen MR) is 125 cm³/mol. The van der Waals surface area contributed by atoms with E-state index in [9.17, 15) is 4.39 Å². The Hall–Kier alpha value is -3.61. The Morgan fingerprint density at radius 3 is 2.72 bits per heavy atom. The van der Waals surface area contributed by atoms with Gasteiger partial charge >= 0.3 is 0 Å². The number of anilines is 2. The van der Waals surface area contributed by atoms with Crippen LogP contribution in [0.4, 0.5) is 15.9 Å². The van der Waals surface area contributed by atoms with Gasteiger partial charge in [0.15, 0.2) is 0 Å². The van der Waals surface area contributed by atoms with Gasteiger partial charge in [0.1, 0.15) is 35.1 Å². The van der Waals surface area contributed by atoms with Crippen molar-refractivity contribution in [3.05, 3.63) is 72.4 Å². The average Bonchev–Trinajstić information content (AvgIpc) is 3.21. The molecule has 0 unspecified atom stereocenters. The van der Waals surface area contributed by atoms with Crippen molar-refractivity contribution in [1.29, 1.82) is 0 Å². The van der Waals surface area contributed by atoms with E-state index in [4.69, 9.17) is 4.74 Å². The lowest BCUT2D eigenvalue weighted by Gasteiger charge is -2.33. The fourth-order valence-electron chi connectivity index (χ4n) is 4.26. The summed E-state index contributed by atoms with van der Waals surface area (Å²) in [6.07, 6.45) is 5.84. The lowest BCUT2D eigenvalue weighted by atomic mass is 9.96. The predicted octanol–water partition coefficient (Wildman–Crippen LogP) is 5.53. The van der Waals surface area contributed by atoms with E-state index in [1.54, 1.807) is 18.5 Å². The van der Waals surface area contributed by atoms with Crippen LogP contribution in [0.5, 0.6) is 11.5 Å². The molecule has 2 N–H and O–H groups in total. The second-order valence-electron chi connectivity index (χ2n) is 8.29. The van der Waals surface area contributed by atoms with Crippen molar-refractivity contribution < 1.29 is 9.13 Å². The molecule has 1 saturated heterocycles. The molecule has 5 rings (SSSR count). The van der Waals surface area contributed by atoms with Crippen molar-refractivity contribution in [2.24, 2.45) is 5.92 Å². The van der Waals surface area contributed by atoms with Crippen molar-refractivity contribution >= 4 is 22.5 Å². The van der Waals surface area contributed by atoms with Crippen molar-refractivity contribution in [3.63, 3.8) is 0 Å². The number of rotatable bonds is 6. The molecule has 0 radical (unpaired) electrons. The van der Waals surface area contributed by atoms with Gasteiger partial charge in [0.25, 0.3) is 0 Å². The van der Waals surface area contributed by atoms with Crippen LogP contribution in [0.3, 0.4) is 0 Å². The van der Waals surface area contributed by atoms with Crippen LogP contribution in [0.1, 0.15) is 18.4 Å². The SMILES string of the molecule is Cc1c[nH]c2ncnc(N3CCC(CNc4cccc(Oc5ccc(F)cc5)c4)CC3)c12. The van der Waals surface area contributed by atoms with Crippen LogP contribution in [0.25, 0.3) is 11.0 Å². The quantitative estimate of drug-likeness (QED) is 0.420. The minimum absolute atomic E-state index is 0.272. The van der Waals surface area contributed by atoms with Gasteiger partial charge in [-0.3, -0.25) is 0 Å². The van der Waals surface area contributed by atoms with Gasteiger partial charge in [-0.05, 0) is 67.6 Å². The number of aromatic nitrogens is 3. The molecule has 3 heterocycles. The number of hydrogen-bond donors (Lipinski definition) is 2. The summed E-state index contributed by atoms with van der Waals surface area (Å²) < 4.78 is 18.9. The lowest BCUT2D eigenvalue weighted by Crippen LogP contribution is -2.36. The highest BCUT2D eigenvalue weighted by Gasteiger charge is 2.22. The minimum atomic E-state index is -0.272. The zero-order valence-electron chi connectivity index (χ0n) is 18.0. The van der Waals surface area contributed by atoms with E-state index in [1.807, 2.05) is 30.5 Å². The maximum atomic E-state index is 13.1. The summed E-state index contributed by atoms with van der Waals surface area (Å²) >= 11 is 0. The standard InChI is InChI=1S/C25H26FN5O/c1-17-14-28-24-23(17)25(30-16-29-24)31-11-9-18(10-12-31)15-27-20-3-2-4-22(13-20)32-21-7-5-19(26)6-8-21/h2-8,13-14,16,18,27H,9-12,15H2,1H3,(H,28,29,30). The van der Waals surface area contributed by atoms with E-state index in [1.165, 1.54) is 17.7 Å². The van der Waals surface area contributed by atoms with E-state index < -0.39 is 0 Å². The number of H-pyrrole nitrogens is 1. The first-order chi connectivity index (χ1) is 15.7. The summed E-state index contributed by atoms with van der Waals surface area (Å²) in [6.45, 7) is 4.97. The summed E-state index contributed by atoms with van der Waals surface area (Å²) in [5, 5.41) is 4.68. The zero-order chi connectivity index (χ0) is 21.9. The highest BCUT2D eigenvalue weighted by Crippen LogP contribution is 2.30. The maximum absolute atomic E-state index is 13.1. The van der Waals surface area contributed by atoms with Gasteiger partial charge in [-0.1, -0.05) is 6.07 Å². The van der Waals surface area contributed by atoms with Crippen LogP contribution in [0.2, 0.25) is 0 Å². The Kier molecular flexibility index (Phi) is 5.62. The Labute approximate surface area is 186 Å². The van der Waals surface area contributed by atoms with Crippen LogP contribution in [-0.4, -0.2) is 34.6 Å². The Morgan fingerprint density at radius 2 is 1.91 bits per heavy atom. The largest absolute Gasteiger partial charge is 0.457 e. The van der Waals surface area contributed by atoms with Gasteiger partial charge in [-0.2, -0.15) is 0 Å². The average molecular weight is 432 g/mol. The summed E-state index contributed by atoms with van der Waals surface area (Å²) in [5.41, 5.74) is 3.11. The van der Waals surface area contributed by atoms with E-state index in [-0.39, 0.29) is 5.82 Å². The second-order valence-corrected chi connectivity index (χ2v) is 8.29. The van der Waals surface area contributed by atoms with Crippen LogP contribution < -0.4 is 15.0 Å². The number of piperidine rings is 1. The molecule has 0 spiro atoms. The first-order valence-corrected chi connectivity index (χ1v) is 11.0. The van der Waals surface area contributed by atoms with Gasteiger partial charge in [0, 0.05) is 37.6 Å². The van der Waals surface area contributed by atoms with Crippen molar-refractivity contribution in [1.82, 2.24) is 15.0 Å². The molecule has 1 aliphatic heterocycles. The van der Waals surface area contributed by atoms with Crippen LogP contribution in [0.15, 0.2) is 61.1 Å². The fourth-order valence-corrected chi connectivity index (χ4v) is 4.26. The normalized spacial score (nSPS) is 14.6. The molecule has 0 atom stereocenters. The molecule has 1 aliphatic rings. The molecule has 1 fully saturated rings. The topological polar surface area (TPSA) is 66.1 Å². The Balaban J connectivity index is 1.17. The number of benzene rings is 2. The second kappa shape index (κ2) is 8.86. The number of ether oxygens (including phenoxy) is 1. The molecule has 2 aromatic heterocycles. The van der Waals surface area contributed by atoms with Gasteiger partial charge in [-0.25, -0.2) is 14.4 Å². The maximum Gasteiger partial charge on any atom is 0.143 e. The summed E-state index contributed by atoms with van der Waals surface area (Å²) in [6, 6.07) is 13.9. The first kappa shape index (κ1) is 20.3. The monoisotopic (exact) mass is 431 g/mol. The first-order valence-electron chi connectivity index (χ1n) is 11.0. The van der Waals surface area contributed by atoms with E-state index >= 15 is 0 Å². The highest BCUT2D eigenvalue weighted by atomic mass is 19.1. The molecule has 0 bridgehead atoms. The molecule has 0 saturated carbocycles. The molecular formula is C25H26FN5O. The summed E-state index contributed by atoms with van der Waals surface area (Å²) in [7, 11) is 0. The third-order valence-corrected chi connectivity index (χ3v) is 6.04. The molecule has 0 amide bonds. The molecule has 0 aliphatic carbocycles. The molecule has 164 valence electrons. The molecular weight excluding hydrogens is 405 g/mol. The Bertz CT molecular complexity index is 1200. The number of halogens is 1. The van der Waals surface area contributed by atoms with E-state index in [0.29, 0.717) is 11.7 Å². The molecule has 2 aromatic carbocycles. The van der Waals surface area contributed by atoms with Gasteiger partial charge in [0.05, 0.1) is 5.39 Å². The highest BCUT2D eigenvalue weighted by molar-refractivity contribution is 5.90. The third kappa shape index (κ3) is 4.37. The number of nitrogens with one attached hydrogen (secondary N) is 2. The van der Waals surface area contributed by atoms with E-state index in [0.717, 1.165) is 60.8 Å². The molecule has 4 aromatic rings. The number of hydrogen-bond acceptors (Lipinski definition) is 5. The van der Waals surface area contributed by atoms with Crippen LogP contribution >= 0.6 is 0 Å². The van der Waals surface area contributed by atoms with Gasteiger partial charge < -0.3 is 19.9 Å². The molecule has 6 nitrogen and oxygen atoms in total. The van der Waals surface area contributed by atoms with Crippen LogP contribution in [0, 0.1) is 18.7 Å². The number of aromatic amines is 1. The zero-order valence-corrected chi connectivity index (χ0v) is 18.0. The molecule has 32 heavy (non-hydrogen) atoms. The lowest BCUT2D eigenvalue weighted by molar-refractivity contribution is 0.422. The van der Waals surface area contributed by atoms with Crippen molar-refractivity contribution in [2.75, 3.05) is 29.9 Å². The summed E-state index contributed by atoms with van der Waals surface area (Å²) in [5.74, 6) is 2.70. The van der Waals surface area contributed by atoms with E-state index in [2.05, 4.69) is 32.1 Å². The fraction of sp³-hybridized carbons (Fsp3) is 0.280. The van der Waals surface area contributed by atoms with Crippen LogP contribution in [-0.2, 0) is 0 Å². The number of nitrogens with zero attached hydrogens (tertiary/aromatic N) is 3. The van der Waals surface area contributed by atoms with Crippen molar-refractivity contribution in [3.8, 4) is 11.5 Å². The third-order valence-electron chi connectivity index (χ3n) is 6.04. The number of aryl methyl sites for hydroxylation is 1. The minimum Gasteiger partial charge on any atom is -0.457 e. The Morgan fingerprint density at radius 1 is 1.09 bits per heavy atom. The summed E-state index contributed by atoms with van der Waals surface area (Å²) in [4.78, 5) is 14.5. The smallest absolute Gasteiger partial charge is 0.143 e. The van der Waals surface area contributed by atoms with Gasteiger partial charge in [-0.15, -0.1) is 0 Å². The van der Waals surface area contributed by atoms with Gasteiger partial charge in [0.2, 0.25) is 0 Å².